The molecule has 1 saturated heterocycles. The molecule has 0 unspecified atom stereocenters. The van der Waals surface area contributed by atoms with Gasteiger partial charge in [0.1, 0.15) is 6.61 Å². The molecule has 108 valence electrons. The second kappa shape index (κ2) is 6.55. The smallest absolute Gasteiger partial charge is 0.416 e. The molecule has 1 fully saturated rings. The van der Waals surface area contributed by atoms with Crippen LogP contribution in [0.4, 0.5) is 4.79 Å². The van der Waals surface area contributed by atoms with Crippen molar-refractivity contribution in [3.8, 4) is 0 Å². The fraction of sp³-hybridized carbons (Fsp3) is 0.500. The van der Waals surface area contributed by atoms with E-state index < -0.39 is 6.09 Å². The number of hydrogen-bond acceptors (Lipinski definition) is 3. The van der Waals surface area contributed by atoms with Crippen LogP contribution in [-0.4, -0.2) is 29.5 Å². The van der Waals surface area contributed by atoms with E-state index in [0.717, 1.165) is 12.0 Å². The van der Waals surface area contributed by atoms with Crippen LogP contribution in [0.25, 0.3) is 0 Å². The zero-order chi connectivity index (χ0) is 14.5. The highest BCUT2D eigenvalue weighted by atomic mass is 16.6. The first kappa shape index (κ1) is 14.6. The molecule has 0 spiro atoms. The Labute approximate surface area is 119 Å². The Morgan fingerprint density at radius 2 is 2.10 bits per heavy atom. The van der Waals surface area contributed by atoms with Crippen molar-refractivity contribution < 1.29 is 14.3 Å². The van der Waals surface area contributed by atoms with Gasteiger partial charge in [0, 0.05) is 6.42 Å². The lowest BCUT2D eigenvalue weighted by atomic mass is 10.0. The van der Waals surface area contributed by atoms with Gasteiger partial charge in [-0.1, -0.05) is 50.6 Å². The highest BCUT2D eigenvalue weighted by Gasteiger charge is 2.37. The molecule has 4 heteroatoms. The summed E-state index contributed by atoms with van der Waals surface area (Å²) in [4.78, 5) is 25.3. The molecule has 0 aromatic heterocycles. The van der Waals surface area contributed by atoms with Crippen molar-refractivity contribution in [1.82, 2.24) is 4.90 Å². The quantitative estimate of drug-likeness (QED) is 0.830. The highest BCUT2D eigenvalue weighted by Crippen LogP contribution is 2.20. The molecule has 0 aliphatic carbocycles. The van der Waals surface area contributed by atoms with Crippen LogP contribution in [0.5, 0.6) is 0 Å². The van der Waals surface area contributed by atoms with Crippen molar-refractivity contribution in [2.24, 2.45) is 5.92 Å². The van der Waals surface area contributed by atoms with Gasteiger partial charge in [-0.2, -0.15) is 0 Å². The Morgan fingerprint density at radius 3 is 2.75 bits per heavy atom. The number of hydrogen-bond donors (Lipinski definition) is 0. The minimum atomic E-state index is -0.501. The van der Waals surface area contributed by atoms with Gasteiger partial charge in [-0.05, 0) is 17.9 Å². The second-order valence-corrected chi connectivity index (χ2v) is 5.40. The van der Waals surface area contributed by atoms with Crippen molar-refractivity contribution in [3.63, 3.8) is 0 Å². The summed E-state index contributed by atoms with van der Waals surface area (Å²) in [6.45, 7) is 4.35. The Hall–Kier alpha value is -1.84. The van der Waals surface area contributed by atoms with E-state index in [-0.39, 0.29) is 17.9 Å². The zero-order valence-corrected chi connectivity index (χ0v) is 12.0. The number of imide groups is 1. The molecule has 2 rings (SSSR count). The molecule has 1 aromatic carbocycles. The van der Waals surface area contributed by atoms with E-state index in [9.17, 15) is 9.59 Å². The number of carbonyl (C=O) groups is 2. The molecule has 20 heavy (non-hydrogen) atoms. The highest BCUT2D eigenvalue weighted by molar-refractivity contribution is 5.93. The monoisotopic (exact) mass is 275 g/mol. The van der Waals surface area contributed by atoms with Crippen LogP contribution in [0, 0.1) is 5.92 Å². The van der Waals surface area contributed by atoms with E-state index >= 15 is 0 Å². The molecule has 1 aliphatic heterocycles. The normalized spacial score (nSPS) is 19.8. The maximum absolute atomic E-state index is 12.3. The lowest BCUT2D eigenvalue weighted by Crippen LogP contribution is -2.40. The summed E-state index contributed by atoms with van der Waals surface area (Å²) in [6.07, 6.45) is 1.48. The lowest BCUT2D eigenvalue weighted by molar-refractivity contribution is -0.130. The third kappa shape index (κ3) is 3.38. The summed E-state index contributed by atoms with van der Waals surface area (Å²) in [6, 6.07) is 9.68. The molecular formula is C16H21NO3. The Kier molecular flexibility index (Phi) is 4.77. The van der Waals surface area contributed by atoms with Crippen molar-refractivity contribution >= 4 is 12.0 Å². The van der Waals surface area contributed by atoms with E-state index in [1.807, 2.05) is 44.2 Å². The van der Waals surface area contributed by atoms with E-state index in [4.69, 9.17) is 4.74 Å². The van der Waals surface area contributed by atoms with Crippen LogP contribution < -0.4 is 0 Å². The largest absolute Gasteiger partial charge is 0.447 e. The molecule has 0 bridgehead atoms. The van der Waals surface area contributed by atoms with E-state index in [2.05, 4.69) is 0 Å². The molecule has 0 radical (unpaired) electrons. The summed E-state index contributed by atoms with van der Waals surface area (Å²) < 4.78 is 5.05. The average molecular weight is 275 g/mol. The van der Waals surface area contributed by atoms with Crippen molar-refractivity contribution in [2.45, 2.75) is 39.2 Å². The number of rotatable bonds is 5. The number of ether oxygens (including phenoxy) is 1. The molecule has 4 nitrogen and oxygen atoms in total. The van der Waals surface area contributed by atoms with Gasteiger partial charge >= 0.3 is 6.09 Å². The van der Waals surface area contributed by atoms with Crippen molar-refractivity contribution in [1.29, 1.82) is 0 Å². The molecule has 0 N–H and O–H groups in total. The number of amides is 2. The zero-order valence-electron chi connectivity index (χ0n) is 12.0. The van der Waals surface area contributed by atoms with Gasteiger partial charge < -0.3 is 4.74 Å². The Bertz CT molecular complexity index is 472. The third-order valence-corrected chi connectivity index (χ3v) is 3.76. The first-order chi connectivity index (χ1) is 9.61. The SMILES string of the molecule is CC[C@H](C)CC(=O)N1C(=O)OC[C@@H]1Cc1ccccc1. The van der Waals surface area contributed by atoms with Gasteiger partial charge in [-0.25, -0.2) is 9.69 Å². The molecule has 1 heterocycles. The third-order valence-electron chi connectivity index (χ3n) is 3.76. The summed E-state index contributed by atoms with van der Waals surface area (Å²) in [5.74, 6) is 0.163. The predicted molar refractivity (Wildman–Crippen MR) is 76.2 cm³/mol. The van der Waals surface area contributed by atoms with E-state index in [0.29, 0.717) is 19.4 Å². The number of carbonyl (C=O) groups excluding carboxylic acids is 2. The van der Waals surface area contributed by atoms with Gasteiger partial charge in [-0.3, -0.25) is 4.79 Å². The number of cyclic esters (lactones) is 1. The molecule has 2 atom stereocenters. The first-order valence-electron chi connectivity index (χ1n) is 7.14. The van der Waals surface area contributed by atoms with Crippen LogP contribution >= 0.6 is 0 Å². The number of nitrogens with zero attached hydrogens (tertiary/aromatic N) is 1. The van der Waals surface area contributed by atoms with Crippen molar-refractivity contribution in [2.75, 3.05) is 6.61 Å². The lowest BCUT2D eigenvalue weighted by Gasteiger charge is -2.21. The number of benzene rings is 1. The minimum absolute atomic E-state index is 0.122. The molecule has 1 aliphatic rings. The van der Waals surface area contributed by atoms with Gasteiger partial charge in [-0.15, -0.1) is 0 Å². The Morgan fingerprint density at radius 1 is 1.40 bits per heavy atom. The fourth-order valence-corrected chi connectivity index (χ4v) is 2.34. The molecule has 1 aromatic rings. The summed E-state index contributed by atoms with van der Waals surface area (Å²) in [5.41, 5.74) is 1.11. The van der Waals surface area contributed by atoms with Crippen LogP contribution in [-0.2, 0) is 16.0 Å². The molecule has 2 amide bonds. The Balaban J connectivity index is 2.05. The maximum Gasteiger partial charge on any atom is 0.416 e. The fourth-order valence-electron chi connectivity index (χ4n) is 2.34. The first-order valence-corrected chi connectivity index (χ1v) is 7.14. The van der Waals surface area contributed by atoms with E-state index in [1.165, 1.54) is 4.90 Å². The van der Waals surface area contributed by atoms with Crippen LogP contribution in [0.1, 0.15) is 32.3 Å². The average Bonchev–Trinajstić information content (AvgIpc) is 2.80. The summed E-state index contributed by atoms with van der Waals surface area (Å²) in [7, 11) is 0. The summed E-state index contributed by atoms with van der Waals surface area (Å²) in [5, 5.41) is 0. The van der Waals surface area contributed by atoms with Crippen LogP contribution in [0.2, 0.25) is 0 Å². The van der Waals surface area contributed by atoms with Gasteiger partial charge in [0.05, 0.1) is 6.04 Å². The van der Waals surface area contributed by atoms with Crippen molar-refractivity contribution in [3.05, 3.63) is 35.9 Å². The standard InChI is InChI=1S/C16H21NO3/c1-3-12(2)9-15(18)17-14(11-20-16(17)19)10-13-7-5-4-6-8-13/h4-8,12,14H,3,9-11H2,1-2H3/t12-,14-/m0/s1. The topological polar surface area (TPSA) is 46.6 Å². The van der Waals surface area contributed by atoms with E-state index in [1.54, 1.807) is 0 Å². The van der Waals surface area contributed by atoms with Gasteiger partial charge in [0.2, 0.25) is 5.91 Å². The predicted octanol–water partition coefficient (Wildman–Crippen LogP) is 3.01. The molecular weight excluding hydrogens is 254 g/mol. The molecule has 0 saturated carbocycles. The van der Waals surface area contributed by atoms with Crippen LogP contribution in [0.15, 0.2) is 30.3 Å². The maximum atomic E-state index is 12.3. The minimum Gasteiger partial charge on any atom is -0.447 e. The van der Waals surface area contributed by atoms with Crippen LogP contribution in [0.3, 0.4) is 0 Å². The van der Waals surface area contributed by atoms with Gasteiger partial charge in [0.15, 0.2) is 0 Å². The second-order valence-electron chi connectivity index (χ2n) is 5.40. The summed E-state index contributed by atoms with van der Waals surface area (Å²) >= 11 is 0. The van der Waals surface area contributed by atoms with Gasteiger partial charge in [0.25, 0.3) is 0 Å².